The molecule has 0 fully saturated rings. The molecule has 0 atom stereocenters. The molecule has 3 nitrogen and oxygen atoms in total. The first-order chi connectivity index (χ1) is 8.88. The van der Waals surface area contributed by atoms with Crippen molar-refractivity contribution in [2.45, 2.75) is 33.7 Å². The minimum absolute atomic E-state index is 0.134. The standard InChI is InChI=1S/C14H19FN2OS/c1-5-14(2,3)8-17-11-7-12(18-4)9(15)6-10(11)16-13(17)19/h6-7H,5,8H2,1-4H3,(H,16,19). The van der Waals surface area contributed by atoms with Gasteiger partial charge in [-0.05, 0) is 24.1 Å². The molecule has 0 unspecified atom stereocenters. The van der Waals surface area contributed by atoms with Crippen LogP contribution in [0.4, 0.5) is 4.39 Å². The van der Waals surface area contributed by atoms with Gasteiger partial charge in [0.25, 0.3) is 0 Å². The third-order valence-corrected chi connectivity index (χ3v) is 3.91. The van der Waals surface area contributed by atoms with Gasteiger partial charge in [-0.1, -0.05) is 20.8 Å². The molecule has 1 N–H and O–H groups in total. The van der Waals surface area contributed by atoms with Crippen molar-refractivity contribution in [2.24, 2.45) is 5.41 Å². The molecule has 19 heavy (non-hydrogen) atoms. The molecule has 2 rings (SSSR count). The van der Waals surface area contributed by atoms with Gasteiger partial charge in [-0.2, -0.15) is 0 Å². The Morgan fingerprint density at radius 3 is 2.68 bits per heavy atom. The number of halogens is 1. The number of aromatic nitrogens is 2. The van der Waals surface area contributed by atoms with Crippen molar-refractivity contribution in [2.75, 3.05) is 7.11 Å². The van der Waals surface area contributed by atoms with Gasteiger partial charge in [0, 0.05) is 18.7 Å². The van der Waals surface area contributed by atoms with Crippen LogP contribution in [0.15, 0.2) is 12.1 Å². The van der Waals surface area contributed by atoms with E-state index in [1.54, 1.807) is 6.07 Å². The van der Waals surface area contributed by atoms with E-state index >= 15 is 0 Å². The van der Waals surface area contributed by atoms with Crippen LogP contribution in [0.1, 0.15) is 27.2 Å². The number of ether oxygens (including phenoxy) is 1. The number of benzene rings is 1. The third kappa shape index (κ3) is 2.66. The molecule has 1 aromatic carbocycles. The van der Waals surface area contributed by atoms with Crippen LogP contribution < -0.4 is 4.74 Å². The lowest BCUT2D eigenvalue weighted by Crippen LogP contribution is -2.18. The van der Waals surface area contributed by atoms with Crippen LogP contribution in [0.25, 0.3) is 11.0 Å². The maximum absolute atomic E-state index is 13.7. The number of nitrogens with zero attached hydrogens (tertiary/aromatic N) is 1. The fourth-order valence-corrected chi connectivity index (χ4v) is 2.28. The van der Waals surface area contributed by atoms with Crippen molar-refractivity contribution in [1.29, 1.82) is 0 Å². The average Bonchev–Trinajstić information content (AvgIpc) is 2.64. The largest absolute Gasteiger partial charge is 0.494 e. The SMILES string of the molecule is CCC(C)(C)Cn1c(=S)[nH]c2cc(F)c(OC)cc21. The first-order valence-corrected chi connectivity index (χ1v) is 6.75. The Hall–Kier alpha value is -1.36. The molecule has 0 bridgehead atoms. The Labute approximate surface area is 117 Å². The quantitative estimate of drug-likeness (QED) is 0.848. The number of fused-ring (bicyclic) bond motifs is 1. The number of hydrogen-bond acceptors (Lipinski definition) is 2. The molecule has 0 aliphatic carbocycles. The summed E-state index contributed by atoms with van der Waals surface area (Å²) in [6.07, 6.45) is 1.04. The van der Waals surface area contributed by atoms with E-state index in [4.69, 9.17) is 17.0 Å². The number of rotatable bonds is 4. The number of nitrogens with one attached hydrogen (secondary N) is 1. The Kier molecular flexibility index (Phi) is 3.67. The van der Waals surface area contributed by atoms with E-state index < -0.39 is 0 Å². The number of aromatic amines is 1. The molecule has 0 aliphatic heterocycles. The van der Waals surface area contributed by atoms with Gasteiger partial charge in [0.05, 0.1) is 18.1 Å². The molecule has 0 radical (unpaired) electrons. The molecule has 1 aromatic heterocycles. The molecule has 2 aromatic rings. The van der Waals surface area contributed by atoms with Crippen molar-refractivity contribution in [3.63, 3.8) is 0 Å². The monoisotopic (exact) mass is 282 g/mol. The fourth-order valence-electron chi connectivity index (χ4n) is 2.01. The molecule has 0 aliphatic rings. The van der Waals surface area contributed by atoms with E-state index in [0.717, 1.165) is 18.5 Å². The van der Waals surface area contributed by atoms with E-state index in [2.05, 4.69) is 25.8 Å². The minimum Gasteiger partial charge on any atom is -0.494 e. The molecule has 104 valence electrons. The summed E-state index contributed by atoms with van der Waals surface area (Å²) < 4.78 is 21.3. The zero-order chi connectivity index (χ0) is 14.2. The molecule has 0 spiro atoms. The predicted molar refractivity (Wildman–Crippen MR) is 77.7 cm³/mol. The molecule has 1 heterocycles. The molecule has 5 heteroatoms. The van der Waals surface area contributed by atoms with Gasteiger partial charge in [0.15, 0.2) is 16.3 Å². The van der Waals surface area contributed by atoms with Gasteiger partial charge in [-0.15, -0.1) is 0 Å². The fraction of sp³-hybridized carbons (Fsp3) is 0.500. The molecule has 0 amide bonds. The van der Waals surface area contributed by atoms with Crippen molar-refractivity contribution < 1.29 is 9.13 Å². The summed E-state index contributed by atoms with van der Waals surface area (Å²) in [6.45, 7) is 7.32. The van der Waals surface area contributed by atoms with Crippen LogP contribution >= 0.6 is 12.2 Å². The second-order valence-electron chi connectivity index (χ2n) is 5.54. The van der Waals surface area contributed by atoms with E-state index in [1.165, 1.54) is 13.2 Å². The van der Waals surface area contributed by atoms with Gasteiger partial charge in [0.2, 0.25) is 0 Å². The van der Waals surface area contributed by atoms with Crippen LogP contribution in [-0.2, 0) is 6.54 Å². The average molecular weight is 282 g/mol. The van der Waals surface area contributed by atoms with Crippen molar-refractivity contribution in [1.82, 2.24) is 9.55 Å². The third-order valence-electron chi connectivity index (χ3n) is 3.59. The lowest BCUT2D eigenvalue weighted by Gasteiger charge is -2.23. The molecular formula is C14H19FN2OS. The van der Waals surface area contributed by atoms with E-state index in [0.29, 0.717) is 10.3 Å². The van der Waals surface area contributed by atoms with Crippen LogP contribution in [-0.4, -0.2) is 16.7 Å². The summed E-state index contributed by atoms with van der Waals surface area (Å²) in [7, 11) is 1.46. The second-order valence-corrected chi connectivity index (χ2v) is 5.92. The number of H-pyrrole nitrogens is 1. The first-order valence-electron chi connectivity index (χ1n) is 6.34. The predicted octanol–water partition coefficient (Wildman–Crippen LogP) is 4.28. The van der Waals surface area contributed by atoms with Crippen LogP contribution in [0.5, 0.6) is 5.75 Å². The topological polar surface area (TPSA) is 29.9 Å². The summed E-state index contributed by atoms with van der Waals surface area (Å²) >= 11 is 5.34. The van der Waals surface area contributed by atoms with Crippen LogP contribution in [0.3, 0.4) is 0 Å². The van der Waals surface area contributed by atoms with Gasteiger partial charge >= 0.3 is 0 Å². The zero-order valence-electron chi connectivity index (χ0n) is 11.7. The Bertz CT molecular complexity index is 657. The van der Waals surface area contributed by atoms with E-state index in [1.807, 2.05) is 4.57 Å². The van der Waals surface area contributed by atoms with Crippen LogP contribution in [0, 0.1) is 16.0 Å². The summed E-state index contributed by atoms with van der Waals surface area (Å²) in [5.41, 5.74) is 1.72. The highest BCUT2D eigenvalue weighted by atomic mass is 32.1. The minimum atomic E-state index is -0.381. The highest BCUT2D eigenvalue weighted by molar-refractivity contribution is 7.71. The van der Waals surface area contributed by atoms with Gasteiger partial charge in [0.1, 0.15) is 0 Å². The Morgan fingerprint density at radius 1 is 1.42 bits per heavy atom. The summed E-state index contributed by atoms with van der Waals surface area (Å²) in [5.74, 6) is -0.141. The van der Waals surface area contributed by atoms with E-state index in [9.17, 15) is 4.39 Å². The Morgan fingerprint density at radius 2 is 2.11 bits per heavy atom. The highest BCUT2D eigenvalue weighted by Crippen LogP contribution is 2.28. The second kappa shape index (κ2) is 4.96. The lowest BCUT2D eigenvalue weighted by atomic mass is 9.90. The summed E-state index contributed by atoms with van der Waals surface area (Å²) in [6, 6.07) is 3.13. The van der Waals surface area contributed by atoms with Crippen molar-refractivity contribution in [3.05, 3.63) is 22.7 Å². The molecule has 0 saturated carbocycles. The van der Waals surface area contributed by atoms with Crippen molar-refractivity contribution in [3.8, 4) is 5.75 Å². The van der Waals surface area contributed by atoms with Gasteiger partial charge in [-0.25, -0.2) is 4.39 Å². The highest BCUT2D eigenvalue weighted by Gasteiger charge is 2.19. The van der Waals surface area contributed by atoms with Gasteiger partial charge < -0.3 is 14.3 Å². The number of methoxy groups -OCH3 is 1. The summed E-state index contributed by atoms with van der Waals surface area (Å²) in [5, 5.41) is 0. The maximum Gasteiger partial charge on any atom is 0.178 e. The number of imidazole rings is 1. The first kappa shape index (κ1) is 14.1. The molecular weight excluding hydrogens is 263 g/mol. The lowest BCUT2D eigenvalue weighted by molar-refractivity contribution is 0.296. The zero-order valence-corrected chi connectivity index (χ0v) is 12.5. The number of hydrogen-bond donors (Lipinski definition) is 1. The van der Waals surface area contributed by atoms with Crippen LogP contribution in [0.2, 0.25) is 0 Å². The maximum atomic E-state index is 13.7. The summed E-state index contributed by atoms with van der Waals surface area (Å²) in [4.78, 5) is 3.05. The Balaban J connectivity index is 2.61. The van der Waals surface area contributed by atoms with Gasteiger partial charge in [-0.3, -0.25) is 0 Å². The normalized spacial score (nSPS) is 12.1. The van der Waals surface area contributed by atoms with E-state index in [-0.39, 0.29) is 17.0 Å². The smallest absolute Gasteiger partial charge is 0.178 e. The molecule has 0 saturated heterocycles. The van der Waals surface area contributed by atoms with Crippen molar-refractivity contribution >= 4 is 23.3 Å².